The average Bonchev–Trinajstić information content (AvgIpc) is 3.02. The highest BCUT2D eigenvalue weighted by Crippen LogP contribution is 2.26. The number of benzene rings is 2. The largest absolute Gasteiger partial charge is 0.318 e. The molecule has 4 nitrogen and oxygen atoms in total. The van der Waals surface area contributed by atoms with Gasteiger partial charge in [0.1, 0.15) is 0 Å². The third-order valence-electron chi connectivity index (χ3n) is 4.73. The summed E-state index contributed by atoms with van der Waals surface area (Å²) in [4.78, 5) is 13.6. The standard InChI is InChI=1S/C22H21N3OS/c1-25-19-12-5-6-13-20(19)27-22(25)24-23-15-18-11-7-10-17(21(18)26)14-16-8-3-2-4-9-16/h2-6,8-9,12-15,23H,7,10-11H2,1H3/b17-14-,18-15?,24-22-. The molecule has 0 saturated heterocycles. The molecular weight excluding hydrogens is 354 g/mol. The van der Waals surface area contributed by atoms with Gasteiger partial charge in [0.15, 0.2) is 5.78 Å². The molecule has 1 aromatic heterocycles. The lowest BCUT2D eigenvalue weighted by Gasteiger charge is -2.16. The molecular formula is C22H21N3OS. The second kappa shape index (κ2) is 7.76. The van der Waals surface area contributed by atoms with Crippen molar-refractivity contribution in [2.24, 2.45) is 12.1 Å². The molecule has 2 aromatic carbocycles. The van der Waals surface area contributed by atoms with Crippen LogP contribution in [0.1, 0.15) is 24.8 Å². The fraction of sp³-hybridized carbons (Fsp3) is 0.182. The number of aryl methyl sites for hydroxylation is 1. The van der Waals surface area contributed by atoms with Crippen LogP contribution in [-0.2, 0) is 11.8 Å². The fourth-order valence-corrected chi connectivity index (χ4v) is 4.27. The van der Waals surface area contributed by atoms with Crippen LogP contribution >= 0.6 is 11.3 Å². The van der Waals surface area contributed by atoms with E-state index >= 15 is 0 Å². The Morgan fingerprint density at radius 2 is 1.78 bits per heavy atom. The number of carbonyl (C=O) groups excluding carboxylic acids is 1. The number of hydrogen-bond donors (Lipinski definition) is 1. The van der Waals surface area contributed by atoms with Gasteiger partial charge in [-0.1, -0.05) is 53.8 Å². The Bertz CT molecular complexity index is 1100. The van der Waals surface area contributed by atoms with Gasteiger partial charge in [-0.05, 0) is 43.0 Å². The van der Waals surface area contributed by atoms with Crippen molar-refractivity contribution in [3.05, 3.63) is 82.3 Å². The fourth-order valence-electron chi connectivity index (χ4n) is 3.28. The highest BCUT2D eigenvalue weighted by atomic mass is 32.1. The minimum atomic E-state index is 0.119. The molecule has 1 fully saturated rings. The summed E-state index contributed by atoms with van der Waals surface area (Å²) in [6.07, 6.45) is 6.34. The predicted octanol–water partition coefficient (Wildman–Crippen LogP) is 4.37. The topological polar surface area (TPSA) is 46.4 Å². The molecule has 1 aliphatic rings. The number of hydrogen-bond acceptors (Lipinski definition) is 4. The maximum atomic E-state index is 12.8. The molecule has 0 spiro atoms. The van der Waals surface area contributed by atoms with Crippen molar-refractivity contribution in [3.63, 3.8) is 0 Å². The highest BCUT2D eigenvalue weighted by Gasteiger charge is 2.20. The van der Waals surface area contributed by atoms with E-state index in [1.807, 2.05) is 55.6 Å². The second-order valence-corrected chi connectivity index (χ2v) is 7.59. The summed E-state index contributed by atoms with van der Waals surface area (Å²) in [5, 5.41) is 4.46. The monoisotopic (exact) mass is 375 g/mol. The minimum absolute atomic E-state index is 0.119. The molecule has 1 N–H and O–H groups in total. The molecule has 0 bridgehead atoms. The SMILES string of the molecule is Cn1/c(=N/NC=C2CCC/C(=C/c3ccccc3)C2=O)sc2ccccc21. The number of carbonyl (C=O) groups is 1. The van der Waals surface area contributed by atoms with Crippen molar-refractivity contribution < 1.29 is 4.79 Å². The Morgan fingerprint density at radius 3 is 2.59 bits per heavy atom. The predicted molar refractivity (Wildman–Crippen MR) is 111 cm³/mol. The number of fused-ring (bicyclic) bond motifs is 1. The average molecular weight is 375 g/mol. The summed E-state index contributed by atoms with van der Waals surface area (Å²) in [5.41, 5.74) is 6.87. The molecule has 3 aromatic rings. The molecule has 0 aliphatic heterocycles. The molecule has 0 atom stereocenters. The Balaban J connectivity index is 1.55. The molecule has 5 heteroatoms. The summed E-state index contributed by atoms with van der Waals surface area (Å²) in [6, 6.07) is 18.2. The van der Waals surface area contributed by atoms with Gasteiger partial charge >= 0.3 is 0 Å². The number of allylic oxidation sites excluding steroid dienone is 2. The summed E-state index contributed by atoms with van der Waals surface area (Å²) in [5.74, 6) is 0.119. The van der Waals surface area contributed by atoms with Crippen LogP contribution in [0.15, 0.2) is 77.0 Å². The quantitative estimate of drug-likeness (QED) is 0.546. The number of para-hydroxylation sites is 1. The number of thiazole rings is 1. The van der Waals surface area contributed by atoms with E-state index in [9.17, 15) is 4.79 Å². The molecule has 27 heavy (non-hydrogen) atoms. The van der Waals surface area contributed by atoms with Crippen molar-refractivity contribution in [2.75, 3.05) is 0 Å². The number of Topliss-reactive ketones (excluding diaryl/α,β-unsaturated/α-hetero) is 1. The third-order valence-corrected chi connectivity index (χ3v) is 5.84. The maximum absolute atomic E-state index is 12.8. The number of nitrogens with one attached hydrogen (secondary N) is 1. The van der Waals surface area contributed by atoms with Gasteiger partial charge in [-0.25, -0.2) is 0 Å². The van der Waals surface area contributed by atoms with Gasteiger partial charge in [-0.3, -0.25) is 10.2 Å². The molecule has 0 radical (unpaired) electrons. The van der Waals surface area contributed by atoms with E-state index in [2.05, 4.69) is 27.2 Å². The zero-order valence-corrected chi connectivity index (χ0v) is 16.0. The molecule has 1 heterocycles. The second-order valence-electron chi connectivity index (χ2n) is 6.58. The van der Waals surface area contributed by atoms with Crippen LogP contribution in [0.25, 0.3) is 16.3 Å². The molecule has 1 saturated carbocycles. The van der Waals surface area contributed by atoms with Gasteiger partial charge < -0.3 is 4.57 Å². The lowest BCUT2D eigenvalue weighted by Crippen LogP contribution is -2.17. The number of ketones is 1. The molecule has 0 unspecified atom stereocenters. The van der Waals surface area contributed by atoms with Crippen molar-refractivity contribution in [3.8, 4) is 0 Å². The lowest BCUT2D eigenvalue weighted by atomic mass is 9.88. The zero-order chi connectivity index (χ0) is 18.6. The Morgan fingerprint density at radius 1 is 1.04 bits per heavy atom. The highest BCUT2D eigenvalue weighted by molar-refractivity contribution is 7.16. The zero-order valence-electron chi connectivity index (χ0n) is 15.2. The van der Waals surface area contributed by atoms with Crippen LogP contribution in [-0.4, -0.2) is 10.4 Å². The summed E-state index contributed by atoms with van der Waals surface area (Å²) >= 11 is 1.62. The first-order valence-corrected chi connectivity index (χ1v) is 9.87. The third kappa shape index (κ3) is 3.78. The minimum Gasteiger partial charge on any atom is -0.318 e. The van der Waals surface area contributed by atoms with Gasteiger partial charge in [0.2, 0.25) is 4.80 Å². The van der Waals surface area contributed by atoms with Crippen LogP contribution in [0.5, 0.6) is 0 Å². The first kappa shape index (κ1) is 17.5. The van der Waals surface area contributed by atoms with E-state index in [1.165, 1.54) is 4.70 Å². The number of nitrogens with zero attached hydrogens (tertiary/aromatic N) is 2. The van der Waals surface area contributed by atoms with Crippen molar-refractivity contribution in [1.82, 2.24) is 9.99 Å². The first-order valence-electron chi connectivity index (χ1n) is 9.05. The van der Waals surface area contributed by atoms with Crippen molar-refractivity contribution >= 4 is 33.4 Å². The summed E-state index contributed by atoms with van der Waals surface area (Å²) in [7, 11) is 2.00. The normalized spacial score (nSPS) is 18.6. The smallest absolute Gasteiger partial charge is 0.208 e. The maximum Gasteiger partial charge on any atom is 0.208 e. The molecule has 1 aliphatic carbocycles. The summed E-state index contributed by atoms with van der Waals surface area (Å²) < 4.78 is 3.24. The molecule has 136 valence electrons. The van der Waals surface area contributed by atoms with E-state index < -0.39 is 0 Å². The first-order chi connectivity index (χ1) is 13.2. The Labute approximate surface area is 162 Å². The van der Waals surface area contributed by atoms with Crippen LogP contribution in [0.2, 0.25) is 0 Å². The van der Waals surface area contributed by atoms with E-state index in [4.69, 9.17) is 0 Å². The van der Waals surface area contributed by atoms with Crippen molar-refractivity contribution in [2.45, 2.75) is 19.3 Å². The van der Waals surface area contributed by atoms with Gasteiger partial charge in [0.25, 0.3) is 0 Å². The van der Waals surface area contributed by atoms with Gasteiger partial charge in [-0.2, -0.15) is 0 Å². The Hall–Kier alpha value is -2.92. The van der Waals surface area contributed by atoms with E-state index in [0.29, 0.717) is 0 Å². The number of aromatic nitrogens is 1. The van der Waals surface area contributed by atoms with Gasteiger partial charge in [-0.15, -0.1) is 5.10 Å². The van der Waals surface area contributed by atoms with Gasteiger partial charge in [0.05, 0.1) is 10.2 Å². The molecule has 0 amide bonds. The van der Waals surface area contributed by atoms with E-state index in [1.54, 1.807) is 17.5 Å². The van der Waals surface area contributed by atoms with Gasteiger partial charge in [0, 0.05) is 24.4 Å². The Kier molecular flexibility index (Phi) is 5.03. The molecule has 4 rings (SSSR count). The van der Waals surface area contributed by atoms with Crippen molar-refractivity contribution in [1.29, 1.82) is 0 Å². The van der Waals surface area contributed by atoms with E-state index in [-0.39, 0.29) is 5.78 Å². The lowest BCUT2D eigenvalue weighted by molar-refractivity contribution is -0.112. The number of rotatable bonds is 3. The van der Waals surface area contributed by atoms with Crippen LogP contribution < -0.4 is 10.2 Å². The van der Waals surface area contributed by atoms with E-state index in [0.717, 1.165) is 46.3 Å². The van der Waals surface area contributed by atoms with Crippen LogP contribution in [0.4, 0.5) is 0 Å². The summed E-state index contributed by atoms with van der Waals surface area (Å²) in [6.45, 7) is 0. The van der Waals surface area contributed by atoms with Crippen LogP contribution in [0.3, 0.4) is 0 Å². The van der Waals surface area contributed by atoms with Crippen LogP contribution in [0, 0.1) is 0 Å².